The molecule has 1 aliphatic rings. The topological polar surface area (TPSA) is 26.3 Å². The molecule has 1 heterocycles. The van der Waals surface area contributed by atoms with Gasteiger partial charge in [-0.1, -0.05) is 0 Å². The molecule has 1 saturated heterocycles. The van der Waals surface area contributed by atoms with Crippen LogP contribution in [0.1, 0.15) is 10.4 Å². The highest BCUT2D eigenvalue weighted by molar-refractivity contribution is 7.99. The molecule has 92 valence electrons. The number of thioether (sulfide) groups is 1. The van der Waals surface area contributed by atoms with Gasteiger partial charge in [0, 0.05) is 11.5 Å². The first-order valence-electron chi connectivity index (χ1n) is 4.98. The van der Waals surface area contributed by atoms with Gasteiger partial charge in [-0.25, -0.2) is 13.2 Å². The molecule has 1 aliphatic heterocycles. The number of carbonyl (C=O) groups excluding carboxylic acids is 1. The molecule has 0 N–H and O–H groups in total. The Kier molecular flexibility index (Phi) is 3.73. The third-order valence-corrected chi connectivity index (χ3v) is 3.40. The molecule has 0 bridgehead atoms. The Morgan fingerprint density at radius 2 is 2.06 bits per heavy atom. The zero-order chi connectivity index (χ0) is 12.4. The highest BCUT2D eigenvalue weighted by Gasteiger charge is 2.27. The van der Waals surface area contributed by atoms with E-state index in [2.05, 4.69) is 0 Å². The largest absolute Gasteiger partial charge is 0.368 e. The first-order valence-corrected chi connectivity index (χ1v) is 6.14. The summed E-state index contributed by atoms with van der Waals surface area (Å²) in [5.41, 5.74) is -0.462. The summed E-state index contributed by atoms with van der Waals surface area (Å²) in [5.74, 6) is -3.86. The van der Waals surface area contributed by atoms with Crippen LogP contribution in [0.4, 0.5) is 13.2 Å². The van der Waals surface area contributed by atoms with E-state index >= 15 is 0 Å². The number of ether oxygens (including phenoxy) is 1. The first kappa shape index (κ1) is 12.4. The fourth-order valence-corrected chi connectivity index (χ4v) is 2.37. The molecule has 0 spiro atoms. The van der Waals surface area contributed by atoms with Crippen molar-refractivity contribution < 1.29 is 22.7 Å². The summed E-state index contributed by atoms with van der Waals surface area (Å²) < 4.78 is 44.2. The van der Waals surface area contributed by atoms with E-state index < -0.39 is 34.9 Å². The van der Waals surface area contributed by atoms with Crippen molar-refractivity contribution in [3.05, 3.63) is 35.1 Å². The number of carbonyl (C=O) groups is 1. The van der Waals surface area contributed by atoms with Crippen molar-refractivity contribution >= 4 is 17.5 Å². The molecule has 1 fully saturated rings. The molecular weight excluding hydrogens is 253 g/mol. The van der Waals surface area contributed by atoms with Crippen molar-refractivity contribution in [1.29, 1.82) is 0 Å². The number of hydrogen-bond donors (Lipinski definition) is 0. The van der Waals surface area contributed by atoms with Gasteiger partial charge in [-0.05, 0) is 12.1 Å². The van der Waals surface area contributed by atoms with E-state index in [1.54, 1.807) is 0 Å². The average Bonchev–Trinajstić information content (AvgIpc) is 2.36. The van der Waals surface area contributed by atoms with Crippen LogP contribution in [0, 0.1) is 17.5 Å². The molecule has 1 unspecified atom stereocenters. The number of halogens is 3. The summed E-state index contributed by atoms with van der Waals surface area (Å²) in [6, 6.07) is 1.68. The second-order valence-corrected chi connectivity index (χ2v) is 4.67. The van der Waals surface area contributed by atoms with Gasteiger partial charge in [0.1, 0.15) is 6.10 Å². The molecule has 0 saturated carbocycles. The van der Waals surface area contributed by atoms with Crippen molar-refractivity contribution in [3.8, 4) is 0 Å². The number of rotatable bonds is 2. The van der Waals surface area contributed by atoms with Gasteiger partial charge in [-0.15, -0.1) is 0 Å². The van der Waals surface area contributed by atoms with Crippen molar-refractivity contribution in [2.45, 2.75) is 6.10 Å². The van der Waals surface area contributed by atoms with Gasteiger partial charge in [0.05, 0.1) is 12.2 Å². The molecular formula is C11H9F3O2S. The van der Waals surface area contributed by atoms with E-state index in [0.717, 1.165) is 17.9 Å². The van der Waals surface area contributed by atoms with E-state index in [0.29, 0.717) is 12.4 Å². The zero-order valence-electron chi connectivity index (χ0n) is 8.71. The van der Waals surface area contributed by atoms with Crippen molar-refractivity contribution in [2.24, 2.45) is 0 Å². The predicted octanol–water partition coefficient (Wildman–Crippen LogP) is 2.42. The molecule has 0 radical (unpaired) electrons. The van der Waals surface area contributed by atoms with Crippen molar-refractivity contribution in [2.75, 3.05) is 18.1 Å². The summed E-state index contributed by atoms with van der Waals surface area (Å²) in [5, 5.41) is 0. The zero-order valence-corrected chi connectivity index (χ0v) is 9.53. The van der Waals surface area contributed by atoms with E-state index in [1.807, 2.05) is 0 Å². The lowest BCUT2D eigenvalue weighted by Crippen LogP contribution is -2.32. The van der Waals surface area contributed by atoms with Crippen molar-refractivity contribution in [3.63, 3.8) is 0 Å². The molecule has 0 aliphatic carbocycles. The van der Waals surface area contributed by atoms with Gasteiger partial charge in [0.2, 0.25) is 0 Å². The van der Waals surface area contributed by atoms with Crippen molar-refractivity contribution in [1.82, 2.24) is 0 Å². The first-order chi connectivity index (χ1) is 8.11. The van der Waals surface area contributed by atoms with E-state index in [9.17, 15) is 18.0 Å². The van der Waals surface area contributed by atoms with Gasteiger partial charge in [-0.3, -0.25) is 4.79 Å². The Hall–Kier alpha value is -1.01. The molecule has 17 heavy (non-hydrogen) atoms. The van der Waals surface area contributed by atoms with Crippen LogP contribution >= 0.6 is 11.8 Å². The highest BCUT2D eigenvalue weighted by atomic mass is 32.2. The summed E-state index contributed by atoms with van der Waals surface area (Å²) in [4.78, 5) is 11.8. The maximum absolute atomic E-state index is 13.4. The van der Waals surface area contributed by atoms with Gasteiger partial charge < -0.3 is 4.74 Å². The average molecular weight is 262 g/mol. The highest BCUT2D eigenvalue weighted by Crippen LogP contribution is 2.21. The Balaban J connectivity index is 2.27. The van der Waals surface area contributed by atoms with Gasteiger partial charge in [0.15, 0.2) is 23.2 Å². The summed E-state index contributed by atoms with van der Waals surface area (Å²) in [7, 11) is 0. The van der Waals surface area contributed by atoms with E-state index in [4.69, 9.17) is 4.74 Å². The standard InChI is InChI=1S/C11H9F3O2S/c12-7-2-1-6(9(13)10(7)14)11(15)8-5-17-4-3-16-8/h1-2,8H,3-5H2. The summed E-state index contributed by atoms with van der Waals surface area (Å²) in [6.45, 7) is 0.395. The summed E-state index contributed by atoms with van der Waals surface area (Å²) in [6.07, 6.45) is -0.784. The van der Waals surface area contributed by atoms with Crippen LogP contribution in [-0.4, -0.2) is 30.0 Å². The van der Waals surface area contributed by atoms with Crippen LogP contribution < -0.4 is 0 Å². The van der Waals surface area contributed by atoms with Crippen LogP contribution in [0.25, 0.3) is 0 Å². The second kappa shape index (κ2) is 5.10. The fraction of sp³-hybridized carbons (Fsp3) is 0.364. The van der Waals surface area contributed by atoms with E-state index in [-0.39, 0.29) is 0 Å². The number of ketones is 1. The van der Waals surface area contributed by atoms with Gasteiger partial charge >= 0.3 is 0 Å². The minimum atomic E-state index is -1.63. The minimum absolute atomic E-state index is 0.395. The van der Waals surface area contributed by atoms with Crippen LogP contribution in [-0.2, 0) is 4.74 Å². The molecule has 1 atom stereocenters. The second-order valence-electron chi connectivity index (χ2n) is 3.52. The Morgan fingerprint density at radius 1 is 1.29 bits per heavy atom. The molecule has 0 aromatic heterocycles. The minimum Gasteiger partial charge on any atom is -0.368 e. The maximum atomic E-state index is 13.4. The number of hydrogen-bond acceptors (Lipinski definition) is 3. The SMILES string of the molecule is O=C(c1ccc(F)c(F)c1F)C1CSCCO1. The Bertz CT molecular complexity index is 445. The van der Waals surface area contributed by atoms with Crippen LogP contribution in [0.5, 0.6) is 0 Å². The lowest BCUT2D eigenvalue weighted by atomic mass is 10.1. The molecule has 2 rings (SSSR count). The molecule has 1 aromatic rings. The molecule has 6 heteroatoms. The lowest BCUT2D eigenvalue weighted by Gasteiger charge is -2.21. The molecule has 2 nitrogen and oxygen atoms in total. The van der Waals surface area contributed by atoms with Crippen LogP contribution in [0.15, 0.2) is 12.1 Å². The fourth-order valence-electron chi connectivity index (χ4n) is 1.53. The number of benzene rings is 1. The van der Waals surface area contributed by atoms with Gasteiger partial charge in [-0.2, -0.15) is 11.8 Å². The Morgan fingerprint density at radius 3 is 2.71 bits per heavy atom. The third kappa shape index (κ3) is 2.47. The quantitative estimate of drug-likeness (QED) is 0.605. The third-order valence-electron chi connectivity index (χ3n) is 2.41. The van der Waals surface area contributed by atoms with Crippen LogP contribution in [0.2, 0.25) is 0 Å². The van der Waals surface area contributed by atoms with E-state index in [1.165, 1.54) is 11.8 Å². The van der Waals surface area contributed by atoms with Crippen LogP contribution in [0.3, 0.4) is 0 Å². The van der Waals surface area contributed by atoms with Gasteiger partial charge in [0.25, 0.3) is 0 Å². The molecule has 0 amide bonds. The predicted molar refractivity (Wildman–Crippen MR) is 57.7 cm³/mol. The maximum Gasteiger partial charge on any atom is 0.195 e. The molecule has 1 aromatic carbocycles. The normalized spacial score (nSPS) is 20.3. The number of Topliss-reactive ketones (excluding diaryl/α,β-unsaturated/α-hetero) is 1. The monoisotopic (exact) mass is 262 g/mol. The lowest BCUT2D eigenvalue weighted by molar-refractivity contribution is 0.0514. The summed E-state index contributed by atoms with van der Waals surface area (Å²) >= 11 is 1.50. The smallest absolute Gasteiger partial charge is 0.195 e. The Labute approximate surface area is 100 Å².